The molecule has 1 atom stereocenters. The van der Waals surface area contributed by atoms with Crippen molar-refractivity contribution in [3.63, 3.8) is 0 Å². The quantitative estimate of drug-likeness (QED) is 0.335. The van der Waals surface area contributed by atoms with Crippen LogP contribution in [0.15, 0.2) is 108 Å². The molecule has 170 valence electrons. The van der Waals surface area contributed by atoms with E-state index in [1.807, 2.05) is 30.3 Å². The van der Waals surface area contributed by atoms with Crippen molar-refractivity contribution in [1.29, 1.82) is 5.26 Å². The molecule has 0 aliphatic carbocycles. The second kappa shape index (κ2) is 9.02. The van der Waals surface area contributed by atoms with E-state index in [0.717, 1.165) is 5.39 Å². The second-order valence-corrected chi connectivity index (χ2v) is 8.53. The number of nitrogens with zero attached hydrogens (tertiary/aromatic N) is 1. The number of nitriles is 1. The number of benzene rings is 4. The number of halogens is 1. The van der Waals surface area contributed by atoms with Crippen molar-refractivity contribution in [1.82, 2.24) is 0 Å². The summed E-state index contributed by atoms with van der Waals surface area (Å²) in [5.74, 6) is -1.26. The van der Waals surface area contributed by atoms with Crippen LogP contribution in [-0.4, -0.2) is 10.9 Å². The normalized spacial score (nSPS) is 15.6. The van der Waals surface area contributed by atoms with E-state index in [0.29, 0.717) is 21.5 Å². The molecule has 4 aromatic carbocycles. The van der Waals surface area contributed by atoms with E-state index < -0.39 is 11.7 Å². The van der Waals surface area contributed by atoms with Crippen molar-refractivity contribution < 1.29 is 14.6 Å². The summed E-state index contributed by atoms with van der Waals surface area (Å²) < 4.78 is 5.92. The fourth-order valence-corrected chi connectivity index (χ4v) is 4.49. The molecular formula is C29H19ClN2O3. The van der Waals surface area contributed by atoms with Gasteiger partial charge in [-0.25, -0.2) is 0 Å². The highest BCUT2D eigenvalue weighted by atomic mass is 35.5. The van der Waals surface area contributed by atoms with Crippen LogP contribution in [0, 0.1) is 11.3 Å². The zero-order valence-corrected chi connectivity index (χ0v) is 19.2. The van der Waals surface area contributed by atoms with Gasteiger partial charge in [0.1, 0.15) is 23.2 Å². The Labute approximate surface area is 207 Å². The van der Waals surface area contributed by atoms with Gasteiger partial charge in [0.05, 0.1) is 17.1 Å². The van der Waals surface area contributed by atoms with Crippen LogP contribution >= 0.6 is 11.6 Å². The largest absolute Gasteiger partial charge is 0.507 e. The Hall–Kier alpha value is -4.53. The number of ether oxygens (including phenoxy) is 1. The predicted octanol–water partition coefficient (Wildman–Crippen LogP) is 6.30. The SMILES string of the molecule is N#CC1=C(N)OC(c2ccccc2)=C(C(=O)c2ccc3ccccc3c2O)C1c1ccc(Cl)cc1. The van der Waals surface area contributed by atoms with Crippen molar-refractivity contribution >= 4 is 33.9 Å². The Morgan fingerprint density at radius 1 is 0.943 bits per heavy atom. The topological polar surface area (TPSA) is 96.3 Å². The molecule has 1 heterocycles. The zero-order valence-electron chi connectivity index (χ0n) is 18.4. The van der Waals surface area contributed by atoms with Gasteiger partial charge in [-0.3, -0.25) is 4.79 Å². The van der Waals surface area contributed by atoms with Crippen molar-refractivity contribution in [2.75, 3.05) is 0 Å². The van der Waals surface area contributed by atoms with E-state index in [1.54, 1.807) is 60.7 Å². The number of carbonyl (C=O) groups excluding carboxylic acids is 1. The summed E-state index contributed by atoms with van der Waals surface area (Å²) in [6, 6.07) is 28.7. The molecule has 0 amide bonds. The van der Waals surface area contributed by atoms with Crippen LogP contribution < -0.4 is 5.73 Å². The Kier molecular flexibility index (Phi) is 5.74. The second-order valence-electron chi connectivity index (χ2n) is 8.10. The van der Waals surface area contributed by atoms with Gasteiger partial charge in [0.15, 0.2) is 5.78 Å². The first-order chi connectivity index (χ1) is 17.0. The molecule has 0 aromatic heterocycles. The molecule has 4 aromatic rings. The summed E-state index contributed by atoms with van der Waals surface area (Å²) in [4.78, 5) is 14.2. The van der Waals surface area contributed by atoms with Gasteiger partial charge < -0.3 is 15.6 Å². The van der Waals surface area contributed by atoms with Gasteiger partial charge in [0.2, 0.25) is 5.88 Å². The van der Waals surface area contributed by atoms with E-state index >= 15 is 0 Å². The van der Waals surface area contributed by atoms with Gasteiger partial charge in [-0.2, -0.15) is 5.26 Å². The van der Waals surface area contributed by atoms with Crippen LogP contribution in [0.1, 0.15) is 27.4 Å². The van der Waals surface area contributed by atoms with Crippen molar-refractivity contribution in [2.45, 2.75) is 5.92 Å². The molecule has 1 aliphatic heterocycles. The molecule has 0 spiro atoms. The number of ketones is 1. The van der Waals surface area contributed by atoms with E-state index in [9.17, 15) is 15.2 Å². The minimum absolute atomic E-state index is 0.0782. The lowest BCUT2D eigenvalue weighted by Crippen LogP contribution is -2.25. The van der Waals surface area contributed by atoms with Gasteiger partial charge in [-0.15, -0.1) is 0 Å². The monoisotopic (exact) mass is 478 g/mol. The zero-order chi connectivity index (χ0) is 24.5. The highest BCUT2D eigenvalue weighted by molar-refractivity contribution is 6.30. The number of Topliss-reactive ketones (excluding diaryl/α,β-unsaturated/α-hetero) is 1. The minimum atomic E-state index is -0.820. The number of carbonyl (C=O) groups is 1. The molecule has 5 nitrogen and oxygen atoms in total. The summed E-state index contributed by atoms with van der Waals surface area (Å²) in [7, 11) is 0. The maximum Gasteiger partial charge on any atom is 0.205 e. The summed E-state index contributed by atoms with van der Waals surface area (Å²) in [6.07, 6.45) is 0. The average Bonchev–Trinajstić information content (AvgIpc) is 2.89. The van der Waals surface area contributed by atoms with Crippen molar-refractivity contribution in [2.24, 2.45) is 5.73 Å². The van der Waals surface area contributed by atoms with Crippen LogP contribution in [0.4, 0.5) is 0 Å². The number of fused-ring (bicyclic) bond motifs is 1. The van der Waals surface area contributed by atoms with Crippen LogP contribution in [0.5, 0.6) is 5.75 Å². The lowest BCUT2D eigenvalue weighted by Gasteiger charge is -2.29. The Balaban J connectivity index is 1.79. The van der Waals surface area contributed by atoms with Gasteiger partial charge in [-0.05, 0) is 29.1 Å². The lowest BCUT2D eigenvalue weighted by atomic mass is 9.78. The first-order valence-electron chi connectivity index (χ1n) is 10.9. The first kappa shape index (κ1) is 22.3. The molecule has 0 bridgehead atoms. The van der Waals surface area contributed by atoms with Crippen molar-refractivity contribution in [3.8, 4) is 11.8 Å². The highest BCUT2D eigenvalue weighted by Gasteiger charge is 2.38. The third-order valence-corrected chi connectivity index (χ3v) is 6.30. The smallest absolute Gasteiger partial charge is 0.205 e. The summed E-state index contributed by atoms with van der Waals surface area (Å²) >= 11 is 6.11. The van der Waals surface area contributed by atoms with Crippen LogP contribution in [0.3, 0.4) is 0 Å². The predicted molar refractivity (Wildman–Crippen MR) is 135 cm³/mol. The third-order valence-electron chi connectivity index (χ3n) is 6.05. The van der Waals surface area contributed by atoms with Gasteiger partial charge in [0.25, 0.3) is 0 Å². The fraction of sp³-hybridized carbons (Fsp3) is 0.0345. The number of aromatic hydroxyl groups is 1. The number of rotatable bonds is 4. The van der Waals surface area contributed by atoms with Crippen molar-refractivity contribution in [3.05, 3.63) is 130 Å². The average molecular weight is 479 g/mol. The molecule has 6 heteroatoms. The van der Waals surface area contributed by atoms with Crippen LogP contribution in [0.25, 0.3) is 16.5 Å². The van der Waals surface area contributed by atoms with E-state index in [2.05, 4.69) is 6.07 Å². The molecule has 35 heavy (non-hydrogen) atoms. The molecule has 1 aliphatic rings. The fourth-order valence-electron chi connectivity index (χ4n) is 4.37. The van der Waals surface area contributed by atoms with Crippen LogP contribution in [0.2, 0.25) is 5.02 Å². The lowest BCUT2D eigenvalue weighted by molar-refractivity contribution is 0.102. The Morgan fingerprint density at radius 3 is 2.34 bits per heavy atom. The number of allylic oxidation sites excluding steroid dienone is 2. The Morgan fingerprint density at radius 2 is 1.63 bits per heavy atom. The summed E-state index contributed by atoms with van der Waals surface area (Å²) in [5, 5.41) is 22.9. The standard InChI is InChI=1S/C29H19ClN2O3/c30-20-13-10-18(11-14-20)24-23(16-31)29(32)35-28(19-7-2-1-3-8-19)25(24)27(34)22-15-12-17-6-4-5-9-21(17)26(22)33/h1-15,24,33H,32H2. The first-order valence-corrected chi connectivity index (χ1v) is 11.3. The van der Waals surface area contributed by atoms with E-state index in [4.69, 9.17) is 22.1 Å². The highest BCUT2D eigenvalue weighted by Crippen LogP contribution is 2.45. The molecule has 3 N–H and O–H groups in total. The molecule has 0 fully saturated rings. The summed E-state index contributed by atoms with van der Waals surface area (Å²) in [6.45, 7) is 0. The number of nitrogens with two attached hydrogens (primary N) is 1. The number of phenols is 1. The number of hydrogen-bond donors (Lipinski definition) is 2. The molecule has 1 unspecified atom stereocenters. The Bertz CT molecular complexity index is 1570. The molecule has 0 saturated carbocycles. The molecular weight excluding hydrogens is 460 g/mol. The number of phenolic OH excluding ortho intramolecular Hbond substituents is 1. The molecule has 0 radical (unpaired) electrons. The minimum Gasteiger partial charge on any atom is -0.507 e. The maximum absolute atomic E-state index is 14.2. The molecule has 5 rings (SSSR count). The van der Waals surface area contributed by atoms with Crippen LogP contribution in [-0.2, 0) is 4.74 Å². The van der Waals surface area contributed by atoms with Gasteiger partial charge in [-0.1, -0.05) is 84.4 Å². The maximum atomic E-state index is 14.2. The number of hydrogen-bond acceptors (Lipinski definition) is 5. The van der Waals surface area contributed by atoms with E-state index in [-0.39, 0.29) is 34.1 Å². The summed E-state index contributed by atoms with van der Waals surface area (Å²) in [5.41, 5.74) is 7.88. The van der Waals surface area contributed by atoms with E-state index in [1.165, 1.54) is 0 Å². The third kappa shape index (κ3) is 3.90. The van der Waals surface area contributed by atoms with Gasteiger partial charge in [0, 0.05) is 16.0 Å². The molecule has 0 saturated heterocycles. The van der Waals surface area contributed by atoms with Gasteiger partial charge >= 0.3 is 0 Å².